The predicted octanol–water partition coefficient (Wildman–Crippen LogP) is -3.02. The molecule has 11 nitrogen and oxygen atoms in total. The van der Waals surface area contributed by atoms with Crippen molar-refractivity contribution in [3.05, 3.63) is 11.8 Å². The minimum absolute atomic E-state index is 0.144. The lowest BCUT2D eigenvalue weighted by Crippen LogP contribution is -2.60. The van der Waals surface area contributed by atoms with E-state index in [4.69, 9.17) is 23.7 Å². The number of ether oxygens (including phenoxy) is 5. The van der Waals surface area contributed by atoms with Gasteiger partial charge in [0.1, 0.15) is 36.1 Å². The highest BCUT2D eigenvalue weighted by molar-refractivity contribution is 5.89. The summed E-state index contributed by atoms with van der Waals surface area (Å²) in [5.74, 6) is -1.95. The number of carbonyl (C=O) groups excluding carboxylic acids is 1. The van der Waals surface area contributed by atoms with Crippen LogP contribution in [0, 0.1) is 11.8 Å². The van der Waals surface area contributed by atoms with E-state index in [1.807, 2.05) is 0 Å². The first-order valence-electron chi connectivity index (χ1n) is 9.00. The van der Waals surface area contributed by atoms with E-state index in [2.05, 4.69) is 0 Å². The Balaban J connectivity index is 1.58. The molecule has 0 amide bonds. The van der Waals surface area contributed by atoms with Gasteiger partial charge in [-0.15, -0.1) is 0 Å². The number of methoxy groups -OCH3 is 1. The standard InChI is InChI=1S/C17H24O11/c1-17-8-7(10(20)13(17)28-17)5(14(23)24-2)4-25-15(8)27-16-12(22)11(21)9(19)6(3-18)26-16/h4,6-13,15-16,18-22H,3H2,1-2H3/t6-,7-,8-,9-,10+,11+,12-,13+,15-,16+,17-/m1/s1. The summed E-state index contributed by atoms with van der Waals surface area (Å²) < 4.78 is 27.0. The number of aliphatic hydroxyl groups is 5. The number of epoxide rings is 1. The van der Waals surface area contributed by atoms with Crippen molar-refractivity contribution in [1.82, 2.24) is 0 Å². The molecule has 5 N–H and O–H groups in total. The van der Waals surface area contributed by atoms with E-state index in [0.717, 1.165) is 6.26 Å². The molecular weight excluding hydrogens is 380 g/mol. The Labute approximate surface area is 160 Å². The smallest absolute Gasteiger partial charge is 0.337 e. The molecule has 158 valence electrons. The average molecular weight is 404 g/mol. The SMILES string of the molecule is COC(=O)C1=CO[C@H](O[C@@H]2O[C@H](CO)[C@@H](O)[C@H](O)[C@H]2O)[C@H]2[C@@H]1[C@H](O)[C@@H]1O[C@]21C. The lowest BCUT2D eigenvalue weighted by Gasteiger charge is -2.43. The van der Waals surface area contributed by atoms with Crippen LogP contribution in [-0.2, 0) is 28.5 Å². The molecule has 0 radical (unpaired) electrons. The van der Waals surface area contributed by atoms with Crippen LogP contribution in [0.1, 0.15) is 6.92 Å². The average Bonchev–Trinajstić information content (AvgIpc) is 3.33. The highest BCUT2D eigenvalue weighted by Crippen LogP contribution is 2.61. The van der Waals surface area contributed by atoms with Gasteiger partial charge in [-0.1, -0.05) is 0 Å². The van der Waals surface area contributed by atoms with Gasteiger partial charge in [0, 0.05) is 5.92 Å². The second-order valence-corrected chi connectivity index (χ2v) is 7.67. The summed E-state index contributed by atoms with van der Waals surface area (Å²) in [5, 5.41) is 49.9. The number of esters is 1. The first kappa shape index (κ1) is 20.0. The van der Waals surface area contributed by atoms with E-state index in [1.165, 1.54) is 7.11 Å². The fourth-order valence-corrected chi connectivity index (χ4v) is 4.53. The normalized spacial score (nSPS) is 52.2. The van der Waals surface area contributed by atoms with Crippen LogP contribution in [0.15, 0.2) is 11.8 Å². The van der Waals surface area contributed by atoms with Crippen LogP contribution in [0.25, 0.3) is 0 Å². The van der Waals surface area contributed by atoms with Crippen LogP contribution in [0.2, 0.25) is 0 Å². The Morgan fingerprint density at radius 2 is 1.86 bits per heavy atom. The zero-order valence-electron chi connectivity index (χ0n) is 15.2. The van der Waals surface area contributed by atoms with Crippen LogP contribution >= 0.6 is 0 Å². The summed E-state index contributed by atoms with van der Waals surface area (Å²) >= 11 is 0. The van der Waals surface area contributed by atoms with Crippen molar-refractivity contribution in [2.75, 3.05) is 13.7 Å². The summed E-state index contributed by atoms with van der Waals surface area (Å²) in [5.41, 5.74) is -0.679. The Bertz CT molecular complexity index is 665. The van der Waals surface area contributed by atoms with Gasteiger partial charge in [-0.25, -0.2) is 4.79 Å². The van der Waals surface area contributed by atoms with Crippen molar-refractivity contribution < 1.29 is 54.0 Å². The highest BCUT2D eigenvalue weighted by atomic mass is 16.8. The Morgan fingerprint density at radius 1 is 1.14 bits per heavy atom. The van der Waals surface area contributed by atoms with E-state index in [9.17, 15) is 30.3 Å². The Kier molecular flexibility index (Phi) is 4.91. The minimum atomic E-state index is -1.61. The van der Waals surface area contributed by atoms with E-state index in [1.54, 1.807) is 6.92 Å². The van der Waals surface area contributed by atoms with Crippen molar-refractivity contribution >= 4 is 5.97 Å². The van der Waals surface area contributed by atoms with Crippen molar-refractivity contribution in [2.24, 2.45) is 11.8 Å². The maximum Gasteiger partial charge on any atom is 0.337 e. The molecule has 0 aromatic carbocycles. The van der Waals surface area contributed by atoms with Gasteiger partial charge in [-0.2, -0.15) is 0 Å². The van der Waals surface area contributed by atoms with Gasteiger partial charge in [0.2, 0.25) is 6.29 Å². The molecule has 0 aromatic heterocycles. The quantitative estimate of drug-likeness (QED) is 0.239. The van der Waals surface area contributed by atoms with Crippen molar-refractivity contribution in [1.29, 1.82) is 0 Å². The van der Waals surface area contributed by atoms with Gasteiger partial charge in [0.15, 0.2) is 6.29 Å². The van der Waals surface area contributed by atoms with E-state index >= 15 is 0 Å². The molecule has 0 bridgehead atoms. The van der Waals surface area contributed by atoms with Crippen LogP contribution in [-0.4, -0.2) is 100 Å². The molecule has 2 saturated heterocycles. The fraction of sp³-hybridized carbons (Fsp3) is 0.824. The number of hydrogen-bond acceptors (Lipinski definition) is 11. The van der Waals surface area contributed by atoms with Crippen molar-refractivity contribution in [3.63, 3.8) is 0 Å². The molecule has 1 saturated carbocycles. The molecule has 11 heteroatoms. The lowest BCUT2D eigenvalue weighted by molar-refractivity contribution is -0.344. The zero-order valence-corrected chi connectivity index (χ0v) is 15.2. The maximum atomic E-state index is 12.1. The Morgan fingerprint density at radius 3 is 2.50 bits per heavy atom. The summed E-state index contributed by atoms with van der Waals surface area (Å²) in [7, 11) is 1.22. The molecule has 0 aromatic rings. The summed E-state index contributed by atoms with van der Waals surface area (Å²) in [4.78, 5) is 12.1. The van der Waals surface area contributed by atoms with Gasteiger partial charge in [-0.3, -0.25) is 0 Å². The molecule has 3 heterocycles. The maximum absolute atomic E-state index is 12.1. The van der Waals surface area contributed by atoms with E-state index in [0.29, 0.717) is 0 Å². The number of hydrogen-bond donors (Lipinski definition) is 5. The van der Waals surface area contributed by atoms with Crippen LogP contribution in [0.3, 0.4) is 0 Å². The second kappa shape index (κ2) is 6.89. The van der Waals surface area contributed by atoms with Gasteiger partial charge >= 0.3 is 5.97 Å². The third kappa shape index (κ3) is 2.77. The highest BCUT2D eigenvalue weighted by Gasteiger charge is 2.75. The molecule has 0 unspecified atom stereocenters. The van der Waals surface area contributed by atoms with E-state index < -0.39 is 79.2 Å². The first-order chi connectivity index (χ1) is 13.2. The molecule has 3 aliphatic heterocycles. The van der Waals surface area contributed by atoms with E-state index in [-0.39, 0.29) is 5.57 Å². The van der Waals surface area contributed by atoms with Gasteiger partial charge < -0.3 is 49.2 Å². The summed E-state index contributed by atoms with van der Waals surface area (Å²) in [6.45, 7) is 1.15. The van der Waals surface area contributed by atoms with Crippen LogP contribution < -0.4 is 0 Å². The van der Waals surface area contributed by atoms with Gasteiger partial charge in [-0.05, 0) is 6.92 Å². The third-order valence-electron chi connectivity index (χ3n) is 6.13. The van der Waals surface area contributed by atoms with Gasteiger partial charge in [0.05, 0.1) is 37.6 Å². The number of carbonyl (C=O) groups is 1. The molecule has 4 aliphatic rings. The molecule has 11 atom stereocenters. The second-order valence-electron chi connectivity index (χ2n) is 7.67. The van der Waals surface area contributed by atoms with Crippen LogP contribution in [0.5, 0.6) is 0 Å². The lowest BCUT2D eigenvalue weighted by atomic mass is 9.81. The number of aliphatic hydroxyl groups excluding tert-OH is 5. The summed E-state index contributed by atoms with van der Waals surface area (Å²) in [6.07, 6.45) is -8.75. The van der Waals surface area contributed by atoms with Gasteiger partial charge in [0.25, 0.3) is 0 Å². The first-order valence-corrected chi connectivity index (χ1v) is 9.00. The summed E-state index contributed by atoms with van der Waals surface area (Å²) in [6, 6.07) is 0. The zero-order chi connectivity index (χ0) is 20.4. The molecule has 4 rings (SSSR count). The molecular formula is C17H24O11. The predicted molar refractivity (Wildman–Crippen MR) is 86.1 cm³/mol. The third-order valence-corrected chi connectivity index (χ3v) is 6.13. The minimum Gasteiger partial charge on any atom is -0.471 e. The molecule has 1 aliphatic carbocycles. The fourth-order valence-electron chi connectivity index (χ4n) is 4.53. The number of fused-ring (bicyclic) bond motifs is 3. The molecule has 28 heavy (non-hydrogen) atoms. The molecule has 3 fully saturated rings. The topological polar surface area (TPSA) is 168 Å². The van der Waals surface area contributed by atoms with Crippen molar-refractivity contribution in [3.8, 4) is 0 Å². The Hall–Kier alpha value is -1.31. The monoisotopic (exact) mass is 404 g/mol. The van der Waals surface area contributed by atoms with Crippen LogP contribution in [0.4, 0.5) is 0 Å². The van der Waals surface area contributed by atoms with Crippen molar-refractivity contribution in [2.45, 2.75) is 61.7 Å². The number of rotatable bonds is 4. The largest absolute Gasteiger partial charge is 0.471 e. The molecule has 0 spiro atoms.